The maximum Gasteiger partial charge on any atom is 0.351 e. The number of piperazine rings is 1. The number of nitrogens with zero attached hydrogens (tertiary/aromatic N) is 8. The second kappa shape index (κ2) is 13.8. The molecule has 1 unspecified atom stereocenters. The molecule has 15 heteroatoms. The zero-order chi connectivity index (χ0) is 34.8. The fraction of sp³-hybridized carbons (Fsp3) is 0.343. The van der Waals surface area contributed by atoms with Crippen molar-refractivity contribution in [3.05, 3.63) is 113 Å². The largest absolute Gasteiger partial charge is 0.491 e. The summed E-state index contributed by atoms with van der Waals surface area (Å²) in [4.78, 5) is 33.0. The highest BCUT2D eigenvalue weighted by Gasteiger charge is 2.46. The molecule has 2 aliphatic heterocycles. The maximum atomic E-state index is 14.9. The van der Waals surface area contributed by atoms with Crippen LogP contribution in [0.5, 0.6) is 5.75 Å². The summed E-state index contributed by atoms with van der Waals surface area (Å²) in [6.45, 7) is 6.69. The van der Waals surface area contributed by atoms with E-state index in [0.29, 0.717) is 11.4 Å². The molecular weight excluding hydrogens is 650 g/mol. The van der Waals surface area contributed by atoms with Crippen LogP contribution in [0.25, 0.3) is 5.69 Å². The molecule has 0 radical (unpaired) electrons. The molecule has 50 heavy (non-hydrogen) atoms. The number of aromatic nitrogens is 6. The minimum Gasteiger partial charge on any atom is -0.491 e. The molecule has 0 bridgehead atoms. The lowest BCUT2D eigenvalue weighted by atomic mass is 10.0. The zero-order valence-corrected chi connectivity index (χ0v) is 27.6. The Morgan fingerprint density at radius 2 is 1.60 bits per heavy atom. The van der Waals surface area contributed by atoms with Crippen molar-refractivity contribution in [2.24, 2.45) is 0 Å². The third-order valence-electron chi connectivity index (χ3n) is 9.10. The van der Waals surface area contributed by atoms with Gasteiger partial charge in [0.15, 0.2) is 5.78 Å². The second-order valence-electron chi connectivity index (χ2n) is 12.3. The molecule has 13 nitrogen and oxygen atoms in total. The molecule has 3 aromatic carbocycles. The van der Waals surface area contributed by atoms with Crippen molar-refractivity contribution < 1.29 is 27.8 Å². The summed E-state index contributed by atoms with van der Waals surface area (Å²) >= 11 is 0. The maximum absolute atomic E-state index is 14.9. The third kappa shape index (κ3) is 6.73. The Bertz CT molecular complexity index is 1990. The first-order valence-electron chi connectivity index (χ1n) is 16.3. The molecule has 0 saturated carbocycles. The highest BCUT2D eigenvalue weighted by Crippen LogP contribution is 2.38. The molecule has 2 saturated heterocycles. The van der Waals surface area contributed by atoms with Gasteiger partial charge in [0, 0.05) is 49.2 Å². The van der Waals surface area contributed by atoms with Gasteiger partial charge < -0.3 is 24.0 Å². The Morgan fingerprint density at radius 3 is 2.22 bits per heavy atom. The standard InChI is InChI=1S/C35H36F2N8O5/c1-24(25(2)46)45-34(47)44(23-40-45)29-6-4-27(5-7-29)41-13-15-42(16-14-41)28-8-10-30(11-9-28)48-18-31-19-49-35(50-31,20-43-22-38-21-39-43)32-12-3-26(36)17-33(32)37/h3-12,17,21-24,31H,13-16,18-20H2,1-2H3/t24?,31-,35-/m1/s1. The van der Waals surface area contributed by atoms with Crippen molar-refractivity contribution in [1.29, 1.82) is 0 Å². The highest BCUT2D eigenvalue weighted by atomic mass is 19.1. The van der Waals surface area contributed by atoms with Crippen LogP contribution in [-0.4, -0.2) is 80.4 Å². The SMILES string of the molecule is CC(=O)C(C)n1ncn(-c2ccc(N3CCN(c4ccc(OC[C@@H]5CO[C@@](Cn6cncn6)(c6ccc(F)cc6F)O5)cc4)CC3)cc2)c1=O. The number of ketones is 1. The van der Waals surface area contributed by atoms with Crippen LogP contribution in [0, 0.1) is 11.6 Å². The molecule has 2 aromatic heterocycles. The van der Waals surface area contributed by atoms with Crippen LogP contribution in [0.2, 0.25) is 0 Å². The quantitative estimate of drug-likeness (QED) is 0.203. The molecule has 2 fully saturated rings. The fourth-order valence-corrected chi connectivity index (χ4v) is 6.20. The number of carbonyl (C=O) groups excluding carboxylic acids is 1. The number of hydrogen-bond donors (Lipinski definition) is 0. The van der Waals surface area contributed by atoms with Gasteiger partial charge in [0.25, 0.3) is 0 Å². The molecule has 260 valence electrons. The predicted molar refractivity (Wildman–Crippen MR) is 178 cm³/mol. The van der Waals surface area contributed by atoms with Gasteiger partial charge in [-0.3, -0.25) is 4.79 Å². The van der Waals surface area contributed by atoms with Gasteiger partial charge in [-0.15, -0.1) is 0 Å². The number of hydrogen-bond acceptors (Lipinski definition) is 10. The average Bonchev–Trinajstić information content (AvgIpc) is 3.88. The lowest BCUT2D eigenvalue weighted by molar-refractivity contribution is -0.192. The van der Waals surface area contributed by atoms with Crippen molar-refractivity contribution >= 4 is 17.2 Å². The first-order valence-corrected chi connectivity index (χ1v) is 16.3. The lowest BCUT2D eigenvalue weighted by Gasteiger charge is -2.37. The minimum absolute atomic E-state index is 0.0235. The lowest BCUT2D eigenvalue weighted by Crippen LogP contribution is -2.46. The van der Waals surface area contributed by atoms with Crippen molar-refractivity contribution in [3.8, 4) is 11.4 Å². The molecule has 0 spiro atoms. The van der Waals surface area contributed by atoms with Gasteiger partial charge >= 0.3 is 5.69 Å². The van der Waals surface area contributed by atoms with Gasteiger partial charge in [0.1, 0.15) is 61.7 Å². The molecule has 0 amide bonds. The normalized spacial score (nSPS) is 19.9. The van der Waals surface area contributed by atoms with Crippen LogP contribution in [-0.2, 0) is 26.6 Å². The summed E-state index contributed by atoms with van der Waals surface area (Å²) in [5.41, 5.74) is 2.52. The Balaban J connectivity index is 0.925. The monoisotopic (exact) mass is 686 g/mol. The summed E-state index contributed by atoms with van der Waals surface area (Å²) in [7, 11) is 0. The van der Waals surface area contributed by atoms with E-state index in [-0.39, 0.29) is 36.8 Å². The van der Waals surface area contributed by atoms with Gasteiger partial charge in [-0.05, 0) is 74.5 Å². The van der Waals surface area contributed by atoms with Crippen molar-refractivity contribution in [3.63, 3.8) is 0 Å². The number of benzene rings is 3. The predicted octanol–water partition coefficient (Wildman–Crippen LogP) is 3.73. The van der Waals surface area contributed by atoms with Crippen LogP contribution < -0.4 is 20.2 Å². The van der Waals surface area contributed by atoms with Crippen LogP contribution in [0.15, 0.2) is 90.5 Å². The summed E-state index contributed by atoms with van der Waals surface area (Å²) in [5.74, 6) is -2.47. The summed E-state index contributed by atoms with van der Waals surface area (Å²) in [6, 6.07) is 18.2. The van der Waals surface area contributed by atoms with E-state index in [4.69, 9.17) is 14.2 Å². The van der Waals surface area contributed by atoms with Crippen LogP contribution in [0.4, 0.5) is 20.2 Å². The van der Waals surface area contributed by atoms with Crippen molar-refractivity contribution in [2.45, 2.75) is 38.3 Å². The van der Waals surface area contributed by atoms with E-state index in [1.165, 1.54) is 52.0 Å². The number of anilines is 2. The highest BCUT2D eigenvalue weighted by molar-refractivity contribution is 5.79. The van der Waals surface area contributed by atoms with Crippen molar-refractivity contribution in [2.75, 3.05) is 49.2 Å². The zero-order valence-electron chi connectivity index (χ0n) is 27.6. The van der Waals surface area contributed by atoms with Gasteiger partial charge in [-0.2, -0.15) is 10.2 Å². The molecule has 2 aliphatic rings. The first kappa shape index (κ1) is 33.1. The number of rotatable bonds is 11. The van der Waals surface area contributed by atoms with Gasteiger partial charge in [-0.25, -0.2) is 32.5 Å². The van der Waals surface area contributed by atoms with Gasteiger partial charge in [-0.1, -0.05) is 0 Å². The molecule has 5 aromatic rings. The minimum atomic E-state index is -1.52. The Hall–Kier alpha value is -5.41. The third-order valence-corrected chi connectivity index (χ3v) is 9.10. The molecule has 4 heterocycles. The average molecular weight is 687 g/mol. The van der Waals surface area contributed by atoms with E-state index in [1.807, 2.05) is 48.5 Å². The summed E-state index contributed by atoms with van der Waals surface area (Å²) in [6.07, 6.45) is 3.75. The first-order chi connectivity index (χ1) is 24.2. The number of ether oxygens (including phenoxy) is 3. The molecule has 7 rings (SSSR count). The van der Waals surface area contributed by atoms with Gasteiger partial charge in [0.05, 0.1) is 12.3 Å². The smallest absolute Gasteiger partial charge is 0.351 e. The van der Waals surface area contributed by atoms with Crippen LogP contribution >= 0.6 is 0 Å². The van der Waals surface area contributed by atoms with E-state index in [2.05, 4.69) is 25.0 Å². The molecule has 3 atom stereocenters. The Kier molecular flexibility index (Phi) is 9.16. The summed E-state index contributed by atoms with van der Waals surface area (Å²) < 4.78 is 50.9. The van der Waals surface area contributed by atoms with E-state index in [1.54, 1.807) is 6.92 Å². The second-order valence-corrected chi connectivity index (χ2v) is 12.3. The Labute approximate surface area is 286 Å². The van der Waals surface area contributed by atoms with Crippen LogP contribution in [0.3, 0.4) is 0 Å². The topological polar surface area (TPSA) is 122 Å². The van der Waals surface area contributed by atoms with E-state index >= 15 is 0 Å². The Morgan fingerprint density at radius 1 is 0.940 bits per heavy atom. The number of carbonyl (C=O) groups is 1. The molecular formula is C35H36F2N8O5. The molecule has 0 aliphatic carbocycles. The fourth-order valence-electron chi connectivity index (χ4n) is 6.20. The molecule has 0 N–H and O–H groups in total. The van der Waals surface area contributed by atoms with Crippen LogP contribution in [0.1, 0.15) is 25.5 Å². The summed E-state index contributed by atoms with van der Waals surface area (Å²) in [5, 5.41) is 8.21. The van der Waals surface area contributed by atoms with E-state index < -0.39 is 29.6 Å². The number of halogens is 2. The van der Waals surface area contributed by atoms with E-state index in [0.717, 1.165) is 43.6 Å². The van der Waals surface area contributed by atoms with Crippen molar-refractivity contribution in [1.82, 2.24) is 29.1 Å². The van der Waals surface area contributed by atoms with E-state index in [9.17, 15) is 18.4 Å². The van der Waals surface area contributed by atoms with Gasteiger partial charge in [0.2, 0.25) is 5.79 Å². The number of Topliss-reactive ketones (excluding diaryl/α,β-unsaturated/α-hetero) is 1.